The molecule has 2 heterocycles. The number of amidine groups is 1. The van der Waals surface area contributed by atoms with E-state index in [4.69, 9.17) is 4.74 Å². The lowest BCUT2D eigenvalue weighted by Gasteiger charge is -2.13. The fraction of sp³-hybridized carbons (Fsp3) is 0.111. The Balaban J connectivity index is 2.18. The van der Waals surface area contributed by atoms with Gasteiger partial charge in [0.25, 0.3) is 5.90 Å². The number of benzene rings is 1. The predicted molar refractivity (Wildman–Crippen MR) is 49.6 cm³/mol. The van der Waals surface area contributed by atoms with E-state index in [0.717, 1.165) is 17.3 Å². The standard InChI is InChI=1S/C9H7N3O/c1-2-4-7-6(3-1)12-8-9(13-7)11-5-10-8/h1-4H,5H2,(H,10,12). The number of hydrogen-bond acceptors (Lipinski definition) is 4. The number of aliphatic imine (C=N–C) groups is 2. The number of nitrogens with one attached hydrogen (secondary N) is 1. The van der Waals surface area contributed by atoms with Crippen molar-refractivity contribution in [2.24, 2.45) is 9.98 Å². The Kier molecular flexibility index (Phi) is 1.19. The molecule has 0 atom stereocenters. The first-order valence-electron chi connectivity index (χ1n) is 4.08. The molecule has 1 N–H and O–H groups in total. The van der Waals surface area contributed by atoms with Gasteiger partial charge in [0.05, 0.1) is 0 Å². The van der Waals surface area contributed by atoms with E-state index >= 15 is 0 Å². The van der Waals surface area contributed by atoms with Crippen LogP contribution in [0.25, 0.3) is 0 Å². The van der Waals surface area contributed by atoms with E-state index in [-0.39, 0.29) is 0 Å². The van der Waals surface area contributed by atoms with Crippen molar-refractivity contribution in [2.45, 2.75) is 0 Å². The van der Waals surface area contributed by atoms with Gasteiger partial charge in [-0.15, -0.1) is 0 Å². The summed E-state index contributed by atoms with van der Waals surface area (Å²) in [5.74, 6) is 2.10. The molecule has 64 valence electrons. The van der Waals surface area contributed by atoms with E-state index in [1.54, 1.807) is 0 Å². The number of hydrogen-bond donors (Lipinski definition) is 1. The molecule has 0 unspecified atom stereocenters. The van der Waals surface area contributed by atoms with Crippen LogP contribution in [0.15, 0.2) is 34.3 Å². The van der Waals surface area contributed by atoms with Crippen LogP contribution in [0.2, 0.25) is 0 Å². The van der Waals surface area contributed by atoms with Gasteiger partial charge in [0.15, 0.2) is 11.6 Å². The topological polar surface area (TPSA) is 46.0 Å². The number of nitrogens with zero attached hydrogens (tertiary/aromatic N) is 2. The van der Waals surface area contributed by atoms with E-state index in [9.17, 15) is 0 Å². The molecular formula is C9H7N3O. The van der Waals surface area contributed by atoms with E-state index in [2.05, 4.69) is 15.3 Å². The largest absolute Gasteiger partial charge is 0.434 e. The van der Waals surface area contributed by atoms with Crippen molar-refractivity contribution in [3.05, 3.63) is 24.3 Å². The average Bonchev–Trinajstić information content (AvgIpc) is 2.61. The van der Waals surface area contributed by atoms with Gasteiger partial charge in [0.1, 0.15) is 12.4 Å². The summed E-state index contributed by atoms with van der Waals surface area (Å²) < 4.78 is 5.51. The molecule has 0 saturated heterocycles. The monoisotopic (exact) mass is 173 g/mol. The molecule has 1 aromatic carbocycles. The van der Waals surface area contributed by atoms with Gasteiger partial charge >= 0.3 is 0 Å². The summed E-state index contributed by atoms with van der Waals surface area (Å²) in [4.78, 5) is 8.47. The lowest BCUT2D eigenvalue weighted by atomic mass is 10.3. The summed E-state index contributed by atoms with van der Waals surface area (Å²) in [6.07, 6.45) is 0. The van der Waals surface area contributed by atoms with Crippen LogP contribution in [-0.4, -0.2) is 18.4 Å². The number of rotatable bonds is 0. The van der Waals surface area contributed by atoms with E-state index in [1.165, 1.54) is 0 Å². The highest BCUT2D eigenvalue weighted by atomic mass is 16.5. The molecule has 13 heavy (non-hydrogen) atoms. The van der Waals surface area contributed by atoms with Crippen LogP contribution in [0.1, 0.15) is 0 Å². The third-order valence-electron chi connectivity index (χ3n) is 1.98. The molecule has 2 aliphatic rings. The molecule has 0 aromatic heterocycles. The maximum atomic E-state index is 5.51. The van der Waals surface area contributed by atoms with E-state index < -0.39 is 0 Å². The summed E-state index contributed by atoms with van der Waals surface area (Å²) >= 11 is 0. The number of fused-ring (bicyclic) bond motifs is 2. The van der Waals surface area contributed by atoms with Crippen molar-refractivity contribution in [3.8, 4) is 5.75 Å². The quantitative estimate of drug-likeness (QED) is 0.637. The second-order valence-corrected chi connectivity index (χ2v) is 2.83. The molecular weight excluding hydrogens is 166 g/mol. The van der Waals surface area contributed by atoms with Gasteiger partial charge < -0.3 is 10.1 Å². The molecule has 0 spiro atoms. The number of para-hydroxylation sites is 2. The van der Waals surface area contributed by atoms with Gasteiger partial charge in [-0.05, 0) is 12.1 Å². The van der Waals surface area contributed by atoms with Gasteiger partial charge in [0, 0.05) is 0 Å². The predicted octanol–water partition coefficient (Wildman–Crippen LogP) is 1.07. The minimum Gasteiger partial charge on any atom is -0.434 e. The summed E-state index contributed by atoms with van der Waals surface area (Å²) in [5, 5.41) is 3.02. The van der Waals surface area contributed by atoms with Gasteiger partial charge in [-0.2, -0.15) is 0 Å². The maximum absolute atomic E-state index is 5.51. The smallest absolute Gasteiger partial charge is 0.260 e. The van der Waals surface area contributed by atoms with Gasteiger partial charge in [-0.25, -0.2) is 9.98 Å². The first-order valence-corrected chi connectivity index (χ1v) is 4.08. The molecule has 0 fully saturated rings. The summed E-state index contributed by atoms with van der Waals surface area (Å²) in [7, 11) is 0. The third-order valence-corrected chi connectivity index (χ3v) is 1.98. The summed E-state index contributed by atoms with van der Waals surface area (Å²) in [6.45, 7) is 0.558. The Bertz CT molecular complexity index is 423. The highest BCUT2D eigenvalue weighted by Gasteiger charge is 2.22. The van der Waals surface area contributed by atoms with Crippen LogP contribution >= 0.6 is 0 Å². The zero-order chi connectivity index (χ0) is 8.67. The van der Waals surface area contributed by atoms with Crippen LogP contribution < -0.4 is 10.1 Å². The highest BCUT2D eigenvalue weighted by Crippen LogP contribution is 2.30. The second kappa shape index (κ2) is 2.32. The van der Waals surface area contributed by atoms with Crippen molar-refractivity contribution in [1.29, 1.82) is 0 Å². The normalized spacial score (nSPS) is 17.5. The Labute approximate surface area is 75.0 Å². The summed E-state index contributed by atoms with van der Waals surface area (Å²) in [6, 6.07) is 7.65. The molecule has 2 aliphatic heterocycles. The number of ether oxygens (including phenoxy) is 1. The third kappa shape index (κ3) is 0.917. The molecule has 0 saturated carbocycles. The molecule has 0 aliphatic carbocycles. The fourth-order valence-corrected chi connectivity index (χ4v) is 1.37. The Morgan fingerprint density at radius 2 is 2.23 bits per heavy atom. The van der Waals surface area contributed by atoms with Crippen LogP contribution in [0.5, 0.6) is 5.75 Å². The van der Waals surface area contributed by atoms with Crippen LogP contribution in [0, 0.1) is 0 Å². The van der Waals surface area contributed by atoms with Gasteiger partial charge in [-0.1, -0.05) is 12.1 Å². The molecule has 0 radical (unpaired) electrons. The Morgan fingerprint density at radius 1 is 1.31 bits per heavy atom. The average molecular weight is 173 g/mol. The SMILES string of the molecule is c1ccc2c(c1)N=C1NCN=C1O2. The lowest BCUT2D eigenvalue weighted by molar-refractivity contribution is 0.558. The molecule has 0 amide bonds. The highest BCUT2D eigenvalue weighted by molar-refractivity contribution is 6.41. The van der Waals surface area contributed by atoms with Crippen molar-refractivity contribution in [3.63, 3.8) is 0 Å². The fourth-order valence-electron chi connectivity index (χ4n) is 1.37. The molecule has 4 nitrogen and oxygen atoms in total. The Hall–Kier alpha value is -1.84. The van der Waals surface area contributed by atoms with Crippen LogP contribution in [0.3, 0.4) is 0 Å². The molecule has 1 aromatic rings. The second-order valence-electron chi connectivity index (χ2n) is 2.83. The van der Waals surface area contributed by atoms with Crippen molar-refractivity contribution >= 4 is 17.4 Å². The van der Waals surface area contributed by atoms with Crippen molar-refractivity contribution in [1.82, 2.24) is 5.32 Å². The molecule has 3 rings (SSSR count). The zero-order valence-corrected chi connectivity index (χ0v) is 6.82. The molecule has 0 bridgehead atoms. The van der Waals surface area contributed by atoms with Gasteiger partial charge in [-0.3, -0.25) is 0 Å². The van der Waals surface area contributed by atoms with Crippen LogP contribution in [-0.2, 0) is 0 Å². The minimum atomic E-state index is 0.558. The van der Waals surface area contributed by atoms with Gasteiger partial charge in [0.2, 0.25) is 0 Å². The van der Waals surface area contributed by atoms with Crippen LogP contribution in [0.4, 0.5) is 5.69 Å². The minimum absolute atomic E-state index is 0.558. The van der Waals surface area contributed by atoms with Crippen molar-refractivity contribution < 1.29 is 4.74 Å². The Morgan fingerprint density at radius 3 is 3.23 bits per heavy atom. The van der Waals surface area contributed by atoms with Crippen molar-refractivity contribution in [2.75, 3.05) is 6.67 Å². The first kappa shape index (κ1) is 6.65. The van der Waals surface area contributed by atoms with E-state index in [1.807, 2.05) is 24.3 Å². The first-order chi connectivity index (χ1) is 6.43. The zero-order valence-electron chi connectivity index (χ0n) is 6.82. The lowest BCUT2D eigenvalue weighted by Crippen LogP contribution is -2.28. The maximum Gasteiger partial charge on any atom is 0.260 e. The molecule has 4 heteroatoms. The summed E-state index contributed by atoms with van der Waals surface area (Å²) in [5.41, 5.74) is 0.853. The van der Waals surface area contributed by atoms with E-state index in [0.29, 0.717) is 12.6 Å².